The zero-order chi connectivity index (χ0) is 14.5. The van der Waals surface area contributed by atoms with E-state index in [1.807, 2.05) is 13.1 Å². The number of hydrogen-bond acceptors (Lipinski definition) is 4. The molecule has 1 aromatic heterocycles. The van der Waals surface area contributed by atoms with Crippen molar-refractivity contribution in [1.29, 1.82) is 0 Å². The summed E-state index contributed by atoms with van der Waals surface area (Å²) in [6.07, 6.45) is 1.89. The number of aryl methyl sites for hydroxylation is 2. The largest absolute Gasteiger partial charge is 0.487 e. The van der Waals surface area contributed by atoms with Gasteiger partial charge in [0.05, 0.1) is 9.88 Å². The second-order valence-electron chi connectivity index (χ2n) is 5.23. The van der Waals surface area contributed by atoms with E-state index in [0.717, 1.165) is 22.2 Å². The van der Waals surface area contributed by atoms with E-state index in [1.165, 1.54) is 11.1 Å². The summed E-state index contributed by atoms with van der Waals surface area (Å²) in [6.45, 7) is 9.82. The van der Waals surface area contributed by atoms with E-state index >= 15 is 0 Å². The van der Waals surface area contributed by atoms with Gasteiger partial charge in [0.2, 0.25) is 0 Å². The SMILES string of the molecule is Cc1ncc(COc2c(C)cccc2CNC(C)C)s1. The minimum atomic E-state index is 0.465. The van der Waals surface area contributed by atoms with Crippen LogP contribution in [0.1, 0.15) is 34.9 Å². The van der Waals surface area contributed by atoms with E-state index in [-0.39, 0.29) is 0 Å². The molecule has 0 aliphatic heterocycles. The highest BCUT2D eigenvalue weighted by molar-refractivity contribution is 7.11. The number of nitrogens with one attached hydrogen (secondary N) is 1. The Labute approximate surface area is 125 Å². The molecule has 0 amide bonds. The Balaban J connectivity index is 2.08. The van der Waals surface area contributed by atoms with Crippen LogP contribution >= 0.6 is 11.3 Å². The normalized spacial score (nSPS) is 11.1. The van der Waals surface area contributed by atoms with Gasteiger partial charge in [-0.25, -0.2) is 4.98 Å². The van der Waals surface area contributed by atoms with Gasteiger partial charge < -0.3 is 10.1 Å². The van der Waals surface area contributed by atoms with Crippen LogP contribution in [-0.4, -0.2) is 11.0 Å². The van der Waals surface area contributed by atoms with Gasteiger partial charge in [0, 0.05) is 24.3 Å². The molecule has 0 fully saturated rings. The van der Waals surface area contributed by atoms with Gasteiger partial charge in [-0.05, 0) is 19.4 Å². The fourth-order valence-corrected chi connectivity index (χ4v) is 2.70. The number of rotatable bonds is 6. The van der Waals surface area contributed by atoms with E-state index in [9.17, 15) is 0 Å². The van der Waals surface area contributed by atoms with Crippen molar-refractivity contribution in [3.63, 3.8) is 0 Å². The Morgan fingerprint density at radius 2 is 2.10 bits per heavy atom. The predicted octanol–water partition coefficient (Wildman–Crippen LogP) is 3.84. The number of hydrogen-bond donors (Lipinski definition) is 1. The minimum Gasteiger partial charge on any atom is -0.487 e. The molecule has 0 aliphatic rings. The summed E-state index contributed by atoms with van der Waals surface area (Å²) in [5.74, 6) is 0.992. The van der Waals surface area contributed by atoms with Gasteiger partial charge in [-0.1, -0.05) is 32.0 Å². The molecular formula is C16H22N2OS. The third-order valence-electron chi connectivity index (χ3n) is 3.02. The zero-order valence-electron chi connectivity index (χ0n) is 12.6. The van der Waals surface area contributed by atoms with Crippen molar-refractivity contribution < 1.29 is 4.74 Å². The predicted molar refractivity (Wildman–Crippen MR) is 84.3 cm³/mol. The van der Waals surface area contributed by atoms with Gasteiger partial charge in [0.25, 0.3) is 0 Å². The maximum atomic E-state index is 6.03. The maximum Gasteiger partial charge on any atom is 0.127 e. The summed E-state index contributed by atoms with van der Waals surface area (Å²) in [6, 6.07) is 6.76. The third kappa shape index (κ3) is 4.05. The second-order valence-corrected chi connectivity index (χ2v) is 6.55. The van der Waals surface area contributed by atoms with E-state index in [4.69, 9.17) is 4.74 Å². The molecule has 0 radical (unpaired) electrons. The highest BCUT2D eigenvalue weighted by Crippen LogP contribution is 2.25. The van der Waals surface area contributed by atoms with Gasteiger partial charge in [-0.15, -0.1) is 11.3 Å². The van der Waals surface area contributed by atoms with Crippen LogP contribution in [0.5, 0.6) is 5.75 Å². The summed E-state index contributed by atoms with van der Waals surface area (Å²) in [4.78, 5) is 5.42. The Bertz CT molecular complexity index is 563. The lowest BCUT2D eigenvalue weighted by atomic mass is 10.1. The van der Waals surface area contributed by atoms with Gasteiger partial charge >= 0.3 is 0 Å². The van der Waals surface area contributed by atoms with Gasteiger partial charge in [0.1, 0.15) is 12.4 Å². The van der Waals surface area contributed by atoms with E-state index < -0.39 is 0 Å². The topological polar surface area (TPSA) is 34.1 Å². The Morgan fingerprint density at radius 1 is 1.30 bits per heavy atom. The quantitative estimate of drug-likeness (QED) is 0.877. The molecular weight excluding hydrogens is 268 g/mol. The van der Waals surface area contributed by atoms with E-state index in [0.29, 0.717) is 12.6 Å². The molecule has 0 saturated heterocycles. The maximum absolute atomic E-state index is 6.03. The zero-order valence-corrected chi connectivity index (χ0v) is 13.4. The van der Waals surface area contributed by atoms with Gasteiger partial charge in [-0.2, -0.15) is 0 Å². The highest BCUT2D eigenvalue weighted by atomic mass is 32.1. The molecule has 0 bridgehead atoms. The molecule has 0 spiro atoms. The molecule has 1 heterocycles. The highest BCUT2D eigenvalue weighted by Gasteiger charge is 2.08. The van der Waals surface area contributed by atoms with E-state index in [1.54, 1.807) is 11.3 Å². The van der Waals surface area contributed by atoms with Crippen molar-refractivity contribution in [3.8, 4) is 5.75 Å². The van der Waals surface area contributed by atoms with Crippen molar-refractivity contribution in [2.75, 3.05) is 0 Å². The fraction of sp³-hybridized carbons (Fsp3) is 0.438. The van der Waals surface area contributed by atoms with Crippen molar-refractivity contribution in [1.82, 2.24) is 10.3 Å². The number of nitrogens with zero attached hydrogens (tertiary/aromatic N) is 1. The van der Waals surface area contributed by atoms with Crippen LogP contribution in [-0.2, 0) is 13.2 Å². The average molecular weight is 290 g/mol. The van der Waals surface area contributed by atoms with Crippen LogP contribution in [0, 0.1) is 13.8 Å². The van der Waals surface area contributed by atoms with Crippen molar-refractivity contribution >= 4 is 11.3 Å². The summed E-state index contributed by atoms with van der Waals surface area (Å²) in [7, 11) is 0. The molecule has 108 valence electrons. The van der Waals surface area contributed by atoms with Gasteiger partial charge in [0.15, 0.2) is 0 Å². The van der Waals surface area contributed by atoms with Crippen LogP contribution in [0.4, 0.5) is 0 Å². The lowest BCUT2D eigenvalue weighted by Gasteiger charge is -2.15. The molecule has 1 aromatic carbocycles. The van der Waals surface area contributed by atoms with Crippen molar-refractivity contribution in [2.24, 2.45) is 0 Å². The minimum absolute atomic E-state index is 0.465. The number of ether oxygens (including phenoxy) is 1. The monoisotopic (exact) mass is 290 g/mol. The molecule has 4 heteroatoms. The van der Waals surface area contributed by atoms with Gasteiger partial charge in [-0.3, -0.25) is 0 Å². The Kier molecular flexibility index (Phi) is 5.15. The Hall–Kier alpha value is -1.39. The molecule has 2 rings (SSSR count). The van der Waals surface area contributed by atoms with Crippen LogP contribution in [0.25, 0.3) is 0 Å². The molecule has 0 atom stereocenters. The molecule has 1 N–H and O–H groups in total. The molecule has 0 aliphatic carbocycles. The third-order valence-corrected chi connectivity index (χ3v) is 3.91. The first-order valence-electron chi connectivity index (χ1n) is 6.92. The lowest BCUT2D eigenvalue weighted by molar-refractivity contribution is 0.303. The number of para-hydroxylation sites is 1. The van der Waals surface area contributed by atoms with E-state index in [2.05, 4.69) is 49.3 Å². The number of thiazole rings is 1. The summed E-state index contributed by atoms with van der Waals surface area (Å²) >= 11 is 1.69. The van der Waals surface area contributed by atoms with Crippen LogP contribution < -0.4 is 10.1 Å². The smallest absolute Gasteiger partial charge is 0.127 e. The first-order valence-corrected chi connectivity index (χ1v) is 7.74. The number of benzene rings is 1. The van der Waals surface area contributed by atoms with Crippen molar-refractivity contribution in [2.45, 2.75) is 46.9 Å². The lowest BCUT2D eigenvalue weighted by Crippen LogP contribution is -2.22. The summed E-state index contributed by atoms with van der Waals surface area (Å²) < 4.78 is 6.03. The van der Waals surface area contributed by atoms with Crippen LogP contribution in [0.2, 0.25) is 0 Å². The first kappa shape index (κ1) is 15.0. The van der Waals surface area contributed by atoms with Crippen LogP contribution in [0.3, 0.4) is 0 Å². The molecule has 2 aromatic rings. The Morgan fingerprint density at radius 3 is 2.75 bits per heavy atom. The van der Waals surface area contributed by atoms with Crippen molar-refractivity contribution in [3.05, 3.63) is 45.4 Å². The number of aromatic nitrogens is 1. The standard InChI is InChI=1S/C16H22N2OS/c1-11(2)17-8-14-7-5-6-12(3)16(14)19-10-15-9-18-13(4)20-15/h5-7,9,11,17H,8,10H2,1-4H3. The van der Waals surface area contributed by atoms with Crippen LogP contribution in [0.15, 0.2) is 24.4 Å². The summed E-state index contributed by atoms with van der Waals surface area (Å²) in [5.41, 5.74) is 2.38. The second kappa shape index (κ2) is 6.86. The summed E-state index contributed by atoms with van der Waals surface area (Å²) in [5, 5.41) is 4.52. The fourth-order valence-electron chi connectivity index (χ4n) is 1.99. The average Bonchev–Trinajstić information content (AvgIpc) is 2.81. The molecule has 0 saturated carbocycles. The molecule has 0 unspecified atom stereocenters. The first-order chi connectivity index (χ1) is 9.56. The molecule has 3 nitrogen and oxygen atoms in total. The molecule has 20 heavy (non-hydrogen) atoms.